The van der Waals surface area contributed by atoms with Crippen molar-refractivity contribution in [3.8, 4) is 35.1 Å². The van der Waals surface area contributed by atoms with Crippen LogP contribution < -0.4 is 5.49 Å². The lowest BCUT2D eigenvalue weighted by molar-refractivity contribution is 0.670. The van der Waals surface area contributed by atoms with E-state index in [2.05, 4.69) is 140 Å². The summed E-state index contributed by atoms with van der Waals surface area (Å²) in [7, 11) is 0. The number of fused-ring (bicyclic) bond motifs is 10. The zero-order valence-electron chi connectivity index (χ0n) is 26.8. The first kappa shape index (κ1) is 30.4. The molecule has 0 saturated heterocycles. The summed E-state index contributed by atoms with van der Waals surface area (Å²) in [4.78, 5) is 5.00. The molecule has 0 saturated carbocycles. The Hall–Kier alpha value is -5.59. The van der Waals surface area contributed by atoms with Gasteiger partial charge in [0.1, 0.15) is 16.7 Å². The van der Waals surface area contributed by atoms with E-state index in [1.54, 1.807) is 0 Å². The van der Waals surface area contributed by atoms with E-state index in [-0.39, 0.29) is 0 Å². The van der Waals surface area contributed by atoms with Gasteiger partial charge < -0.3 is 8.98 Å². The molecule has 0 atom stereocenters. The van der Waals surface area contributed by atoms with Gasteiger partial charge in [-0.1, -0.05) is 105 Å². The number of benzene rings is 5. The maximum absolute atomic E-state index is 6.68. The standard InChI is InChI=1S/C39H30N2O.C2H6.C2H2/c1-3-5-21-41-34-16-10-8-14-29(34)33-23-26(18-19-30(33)39(41)40-20-4-2)32-24-27-22-25-12-6-7-13-28(25)36(27)37-31-15-9-11-17-35(31)42-38(32)37;2*1-2/h3-19,23-24H,2,20-22H2,1H3;1-2H3;1-2H/b5-3-,40-39?;;. The maximum Gasteiger partial charge on any atom is 0.143 e. The number of allylic oxidation sites excluding steroid dienone is 2. The van der Waals surface area contributed by atoms with Crippen LogP contribution in [0.1, 0.15) is 31.9 Å². The molecule has 3 heteroatoms. The van der Waals surface area contributed by atoms with E-state index >= 15 is 0 Å². The molecule has 2 heterocycles. The lowest BCUT2D eigenvalue weighted by Gasteiger charge is -2.16. The van der Waals surface area contributed by atoms with Gasteiger partial charge in [-0.3, -0.25) is 4.99 Å². The van der Waals surface area contributed by atoms with E-state index < -0.39 is 0 Å². The second-order valence-corrected chi connectivity index (χ2v) is 11.0. The molecule has 0 N–H and O–H groups in total. The largest absolute Gasteiger partial charge is 0.455 e. The normalized spacial score (nSPS) is 12.2. The summed E-state index contributed by atoms with van der Waals surface area (Å²) < 4.78 is 8.99. The molecule has 226 valence electrons. The predicted molar refractivity (Wildman–Crippen MR) is 197 cm³/mol. The number of terminal acetylenes is 1. The topological polar surface area (TPSA) is 30.4 Å². The monoisotopic (exact) mass is 598 g/mol. The Kier molecular flexibility index (Phi) is 8.72. The molecule has 1 aliphatic carbocycles. The van der Waals surface area contributed by atoms with Crippen molar-refractivity contribution in [3.63, 3.8) is 0 Å². The van der Waals surface area contributed by atoms with Gasteiger partial charge in [-0.15, -0.1) is 19.4 Å². The van der Waals surface area contributed by atoms with E-state index in [9.17, 15) is 0 Å². The summed E-state index contributed by atoms with van der Waals surface area (Å²) in [6.45, 7) is 11.3. The molecule has 2 aromatic heterocycles. The highest BCUT2D eigenvalue weighted by Crippen LogP contribution is 2.48. The molecule has 0 unspecified atom stereocenters. The molecule has 0 aliphatic heterocycles. The fourth-order valence-corrected chi connectivity index (χ4v) is 6.78. The smallest absolute Gasteiger partial charge is 0.143 e. The van der Waals surface area contributed by atoms with E-state index in [1.807, 2.05) is 19.9 Å². The number of para-hydroxylation sites is 2. The lowest BCUT2D eigenvalue weighted by Crippen LogP contribution is -2.22. The Morgan fingerprint density at radius 2 is 1.54 bits per heavy atom. The molecule has 3 nitrogen and oxygen atoms in total. The third kappa shape index (κ3) is 4.93. The van der Waals surface area contributed by atoms with Crippen molar-refractivity contribution in [2.75, 3.05) is 6.54 Å². The summed E-state index contributed by atoms with van der Waals surface area (Å²) >= 11 is 0. The van der Waals surface area contributed by atoms with Gasteiger partial charge in [0.15, 0.2) is 0 Å². The molecule has 0 bridgehead atoms. The zero-order valence-corrected chi connectivity index (χ0v) is 26.8. The fourth-order valence-electron chi connectivity index (χ4n) is 6.78. The van der Waals surface area contributed by atoms with Gasteiger partial charge in [-0.25, -0.2) is 0 Å². The van der Waals surface area contributed by atoms with Crippen LogP contribution in [0.25, 0.3) is 65.9 Å². The minimum absolute atomic E-state index is 0.565. The van der Waals surface area contributed by atoms with E-state index in [0.29, 0.717) is 6.54 Å². The van der Waals surface area contributed by atoms with Gasteiger partial charge in [-0.05, 0) is 70.8 Å². The average molecular weight is 599 g/mol. The fraction of sp³-hybridized carbons (Fsp3) is 0.140. The summed E-state index contributed by atoms with van der Waals surface area (Å²) in [5, 5.41) is 5.93. The Morgan fingerprint density at radius 3 is 2.35 bits per heavy atom. The average Bonchev–Trinajstić information content (AvgIpc) is 3.69. The van der Waals surface area contributed by atoms with Crippen LogP contribution in [0.15, 0.2) is 131 Å². The van der Waals surface area contributed by atoms with Crippen LogP contribution in [0, 0.1) is 12.8 Å². The van der Waals surface area contributed by atoms with Crippen LogP contribution in [0.4, 0.5) is 0 Å². The van der Waals surface area contributed by atoms with Crippen LogP contribution in [0.3, 0.4) is 0 Å². The summed E-state index contributed by atoms with van der Waals surface area (Å²) in [6.07, 6.45) is 15.1. The first-order valence-corrected chi connectivity index (χ1v) is 15.9. The van der Waals surface area contributed by atoms with Crippen molar-refractivity contribution >= 4 is 43.6 Å². The molecule has 0 amide bonds. The number of furan rings is 1. The molecule has 8 rings (SSSR count). The Balaban J connectivity index is 0.000000896. The number of hydrogen-bond acceptors (Lipinski definition) is 2. The van der Waals surface area contributed by atoms with Crippen molar-refractivity contribution in [1.29, 1.82) is 0 Å². The first-order valence-electron chi connectivity index (χ1n) is 15.9. The Morgan fingerprint density at radius 1 is 0.804 bits per heavy atom. The third-order valence-corrected chi connectivity index (χ3v) is 8.60. The SMILES string of the molecule is C#C.C=CCN=c1c2ccc(-c3cc4c(c5c3oc3ccccc35)-c3ccccc3C4)cc2c2ccccc2n1C/C=C\C.CC. The van der Waals surface area contributed by atoms with Crippen molar-refractivity contribution < 1.29 is 4.42 Å². The van der Waals surface area contributed by atoms with Crippen molar-refractivity contribution in [2.45, 2.75) is 33.7 Å². The zero-order chi connectivity index (χ0) is 32.2. The Bertz CT molecular complexity index is 2360. The summed E-state index contributed by atoms with van der Waals surface area (Å²) in [5.41, 5.74) is 11.7. The molecule has 46 heavy (non-hydrogen) atoms. The molecule has 7 aromatic rings. The number of hydrogen-bond donors (Lipinski definition) is 0. The molecular formula is C43H38N2O. The van der Waals surface area contributed by atoms with Crippen LogP contribution in [-0.2, 0) is 13.0 Å². The Labute approximate surface area is 270 Å². The van der Waals surface area contributed by atoms with Gasteiger partial charge >= 0.3 is 0 Å². The molecule has 0 fully saturated rings. The molecular weight excluding hydrogens is 560 g/mol. The van der Waals surface area contributed by atoms with Gasteiger partial charge in [0.05, 0.1) is 12.1 Å². The van der Waals surface area contributed by atoms with Gasteiger partial charge in [0.25, 0.3) is 0 Å². The first-order chi connectivity index (χ1) is 22.8. The van der Waals surface area contributed by atoms with Gasteiger partial charge in [-0.2, -0.15) is 0 Å². The highest BCUT2D eigenvalue weighted by atomic mass is 16.3. The second-order valence-electron chi connectivity index (χ2n) is 11.0. The van der Waals surface area contributed by atoms with Crippen molar-refractivity contribution in [1.82, 2.24) is 4.57 Å². The van der Waals surface area contributed by atoms with E-state index in [0.717, 1.165) is 46.1 Å². The van der Waals surface area contributed by atoms with Crippen LogP contribution >= 0.6 is 0 Å². The molecule has 5 aromatic carbocycles. The minimum Gasteiger partial charge on any atom is -0.455 e. The van der Waals surface area contributed by atoms with Crippen LogP contribution in [0.5, 0.6) is 0 Å². The van der Waals surface area contributed by atoms with Crippen molar-refractivity contribution in [3.05, 3.63) is 138 Å². The molecule has 0 spiro atoms. The quantitative estimate of drug-likeness (QED) is 0.110. The highest BCUT2D eigenvalue weighted by molar-refractivity contribution is 6.18. The number of rotatable bonds is 5. The van der Waals surface area contributed by atoms with Gasteiger partial charge in [0.2, 0.25) is 0 Å². The molecule has 1 aliphatic rings. The lowest BCUT2D eigenvalue weighted by atomic mass is 9.92. The van der Waals surface area contributed by atoms with E-state index in [4.69, 9.17) is 9.41 Å². The van der Waals surface area contributed by atoms with Crippen LogP contribution in [-0.4, -0.2) is 11.1 Å². The summed E-state index contributed by atoms with van der Waals surface area (Å²) in [5.74, 6) is 0. The van der Waals surface area contributed by atoms with Crippen molar-refractivity contribution in [2.24, 2.45) is 4.99 Å². The number of pyridine rings is 1. The number of nitrogens with zero attached hydrogens (tertiary/aromatic N) is 2. The third-order valence-electron chi connectivity index (χ3n) is 8.60. The molecule has 0 radical (unpaired) electrons. The number of aromatic nitrogens is 1. The summed E-state index contributed by atoms with van der Waals surface area (Å²) in [6, 6.07) is 35.0. The maximum atomic E-state index is 6.68. The highest BCUT2D eigenvalue weighted by Gasteiger charge is 2.26. The van der Waals surface area contributed by atoms with Gasteiger partial charge in [0, 0.05) is 33.7 Å². The van der Waals surface area contributed by atoms with E-state index in [1.165, 1.54) is 49.3 Å². The predicted octanol–water partition coefficient (Wildman–Crippen LogP) is 10.9. The van der Waals surface area contributed by atoms with Crippen LogP contribution in [0.2, 0.25) is 0 Å². The minimum atomic E-state index is 0.565. The second kappa shape index (κ2) is 13.2.